The first-order valence-corrected chi connectivity index (χ1v) is 8.81. The summed E-state index contributed by atoms with van der Waals surface area (Å²) in [6, 6.07) is 9.36. The molecule has 0 radical (unpaired) electrons. The van der Waals surface area contributed by atoms with Gasteiger partial charge < -0.3 is 0 Å². The summed E-state index contributed by atoms with van der Waals surface area (Å²) < 4.78 is 26.8. The van der Waals surface area contributed by atoms with Crippen LogP contribution in [0, 0.1) is 5.92 Å². The maximum atomic E-state index is 12.5. The fourth-order valence-corrected chi connectivity index (χ4v) is 3.59. The van der Waals surface area contributed by atoms with Gasteiger partial charge in [-0.2, -0.15) is 13.9 Å². The summed E-state index contributed by atoms with van der Waals surface area (Å²) in [5.41, 5.74) is 3.59. The molecule has 1 saturated heterocycles. The number of hydrogen-bond donors (Lipinski definition) is 0. The predicted molar refractivity (Wildman–Crippen MR) is 97.1 cm³/mol. The Morgan fingerprint density at radius 2 is 2.08 bits per heavy atom. The van der Waals surface area contributed by atoms with Crippen LogP contribution < -0.4 is 0 Å². The predicted octanol–water partition coefficient (Wildman–Crippen LogP) is 4.65. The lowest BCUT2D eigenvalue weighted by Crippen LogP contribution is -2.20. The van der Waals surface area contributed by atoms with E-state index in [0.29, 0.717) is 18.1 Å². The van der Waals surface area contributed by atoms with E-state index in [1.54, 1.807) is 10.7 Å². The van der Waals surface area contributed by atoms with Crippen molar-refractivity contribution in [3.8, 4) is 11.3 Å². The molecule has 0 N–H and O–H groups in total. The summed E-state index contributed by atoms with van der Waals surface area (Å²) >= 11 is 6.00. The van der Waals surface area contributed by atoms with E-state index in [2.05, 4.69) is 15.0 Å². The van der Waals surface area contributed by atoms with Gasteiger partial charge >= 0.3 is 0 Å². The summed E-state index contributed by atoms with van der Waals surface area (Å²) in [4.78, 5) is 6.65. The van der Waals surface area contributed by atoms with E-state index in [1.807, 2.05) is 36.5 Å². The molecule has 0 spiro atoms. The molecule has 3 aromatic rings. The second-order valence-electron chi connectivity index (χ2n) is 6.46. The molecule has 4 nitrogen and oxygen atoms in total. The molecule has 2 aromatic heterocycles. The fraction of sp³-hybridized carbons (Fsp3) is 0.263. The van der Waals surface area contributed by atoms with E-state index in [1.165, 1.54) is 0 Å². The highest BCUT2D eigenvalue weighted by Gasteiger charge is 2.25. The number of nitrogens with zero attached hydrogens (tertiary/aromatic N) is 4. The Labute approximate surface area is 154 Å². The minimum atomic E-state index is -1.60. The number of likely N-dealkylation sites (tertiary alicyclic amines) is 1. The van der Waals surface area contributed by atoms with Crippen molar-refractivity contribution in [2.45, 2.75) is 13.0 Å². The molecule has 3 heterocycles. The standard InChI is InChI=1S/C19H17ClF2N4/c20-15-4-2-14(3-5-15)18-16(19-23-7-1-8-26(19)24-18)12-25-9-6-13(11-25)10-17(21)22/h1-5,7-8,10,13H,6,9,11-12H2. The van der Waals surface area contributed by atoms with Crippen molar-refractivity contribution in [1.82, 2.24) is 19.5 Å². The van der Waals surface area contributed by atoms with Crippen molar-refractivity contribution < 1.29 is 8.78 Å². The Bertz CT molecular complexity index is 948. The summed E-state index contributed by atoms with van der Waals surface area (Å²) in [5.74, 6) is -0.103. The van der Waals surface area contributed by atoms with Gasteiger partial charge in [-0.3, -0.25) is 4.90 Å². The summed E-state index contributed by atoms with van der Waals surface area (Å²) in [7, 11) is 0. The van der Waals surface area contributed by atoms with Crippen LogP contribution in [0.4, 0.5) is 8.78 Å². The second-order valence-corrected chi connectivity index (χ2v) is 6.90. The number of aromatic nitrogens is 3. The molecule has 7 heteroatoms. The lowest BCUT2D eigenvalue weighted by Gasteiger charge is -2.15. The molecule has 0 amide bonds. The second kappa shape index (κ2) is 7.13. The van der Waals surface area contributed by atoms with Gasteiger partial charge in [0, 0.05) is 41.6 Å². The van der Waals surface area contributed by atoms with Gasteiger partial charge in [-0.15, -0.1) is 0 Å². The van der Waals surface area contributed by atoms with Crippen LogP contribution in [0.1, 0.15) is 12.0 Å². The van der Waals surface area contributed by atoms with Crippen LogP contribution in [0.2, 0.25) is 5.02 Å². The maximum Gasteiger partial charge on any atom is 0.266 e. The average Bonchev–Trinajstić information content (AvgIpc) is 3.20. The minimum absolute atomic E-state index is 0.103. The third-order valence-electron chi connectivity index (χ3n) is 4.66. The van der Waals surface area contributed by atoms with Crippen molar-refractivity contribution in [3.05, 3.63) is 65.5 Å². The third-order valence-corrected chi connectivity index (χ3v) is 4.91. The average molecular weight is 375 g/mol. The number of benzene rings is 1. The first-order chi connectivity index (χ1) is 12.6. The van der Waals surface area contributed by atoms with Crippen LogP contribution in [0.15, 0.2) is 54.9 Å². The Morgan fingerprint density at radius 3 is 2.85 bits per heavy atom. The van der Waals surface area contributed by atoms with Gasteiger partial charge in [-0.1, -0.05) is 23.7 Å². The SMILES string of the molecule is FC(F)=CC1CCN(Cc2c(-c3ccc(Cl)cc3)nn3cccnc23)C1. The molecule has 0 aliphatic carbocycles. The molecule has 1 unspecified atom stereocenters. The highest BCUT2D eigenvalue weighted by molar-refractivity contribution is 6.30. The van der Waals surface area contributed by atoms with E-state index in [-0.39, 0.29) is 5.92 Å². The normalized spacial score (nSPS) is 17.7. The fourth-order valence-electron chi connectivity index (χ4n) is 3.46. The zero-order valence-electron chi connectivity index (χ0n) is 13.9. The Morgan fingerprint density at radius 1 is 1.27 bits per heavy atom. The smallest absolute Gasteiger partial charge is 0.266 e. The molecule has 134 valence electrons. The molecule has 1 aliphatic rings. The number of halogens is 3. The van der Waals surface area contributed by atoms with Crippen molar-refractivity contribution in [2.24, 2.45) is 5.92 Å². The minimum Gasteiger partial charge on any atom is -0.298 e. The van der Waals surface area contributed by atoms with Gasteiger partial charge in [-0.05, 0) is 43.2 Å². The van der Waals surface area contributed by atoms with E-state index in [9.17, 15) is 8.78 Å². The highest BCUT2D eigenvalue weighted by Crippen LogP contribution is 2.29. The molecule has 0 saturated carbocycles. The van der Waals surface area contributed by atoms with E-state index in [4.69, 9.17) is 11.6 Å². The quantitative estimate of drug-likeness (QED) is 0.666. The molecule has 1 atom stereocenters. The Balaban J connectivity index is 1.68. The van der Waals surface area contributed by atoms with Gasteiger partial charge in [-0.25, -0.2) is 9.50 Å². The highest BCUT2D eigenvalue weighted by atomic mass is 35.5. The first-order valence-electron chi connectivity index (χ1n) is 8.43. The molecule has 4 rings (SSSR count). The van der Waals surface area contributed by atoms with Crippen molar-refractivity contribution in [1.29, 1.82) is 0 Å². The van der Waals surface area contributed by atoms with Crippen LogP contribution in [-0.2, 0) is 6.54 Å². The summed E-state index contributed by atoms with van der Waals surface area (Å²) in [6.07, 6.45) is 3.80. The number of rotatable bonds is 4. The van der Waals surface area contributed by atoms with Gasteiger partial charge in [0.15, 0.2) is 5.65 Å². The van der Waals surface area contributed by atoms with Gasteiger partial charge in [0.1, 0.15) is 0 Å². The van der Waals surface area contributed by atoms with E-state index < -0.39 is 6.08 Å². The Hall–Kier alpha value is -2.31. The van der Waals surface area contributed by atoms with E-state index in [0.717, 1.165) is 41.5 Å². The van der Waals surface area contributed by atoms with Crippen LogP contribution in [0.25, 0.3) is 16.9 Å². The molecule has 0 bridgehead atoms. The van der Waals surface area contributed by atoms with Crippen molar-refractivity contribution in [3.63, 3.8) is 0 Å². The summed E-state index contributed by atoms with van der Waals surface area (Å²) in [6.45, 7) is 2.01. The zero-order valence-corrected chi connectivity index (χ0v) is 14.7. The molecule has 1 aliphatic heterocycles. The Kier molecular flexibility index (Phi) is 4.70. The van der Waals surface area contributed by atoms with Crippen LogP contribution in [-0.4, -0.2) is 32.6 Å². The van der Waals surface area contributed by atoms with Crippen molar-refractivity contribution >= 4 is 17.2 Å². The maximum absolute atomic E-state index is 12.5. The van der Waals surface area contributed by atoms with Crippen molar-refractivity contribution in [2.75, 3.05) is 13.1 Å². The molecular formula is C19H17ClF2N4. The van der Waals surface area contributed by atoms with Gasteiger partial charge in [0.25, 0.3) is 6.08 Å². The van der Waals surface area contributed by atoms with Gasteiger partial charge in [0.2, 0.25) is 0 Å². The summed E-state index contributed by atoms with van der Waals surface area (Å²) in [5, 5.41) is 5.34. The molecule has 1 aromatic carbocycles. The molecule has 1 fully saturated rings. The van der Waals surface area contributed by atoms with E-state index >= 15 is 0 Å². The molecule has 26 heavy (non-hydrogen) atoms. The lowest BCUT2D eigenvalue weighted by molar-refractivity contribution is 0.323. The monoisotopic (exact) mass is 374 g/mol. The molecular weight excluding hydrogens is 358 g/mol. The third kappa shape index (κ3) is 3.48. The van der Waals surface area contributed by atoms with Crippen LogP contribution in [0.5, 0.6) is 0 Å². The van der Waals surface area contributed by atoms with Gasteiger partial charge in [0.05, 0.1) is 5.69 Å². The zero-order chi connectivity index (χ0) is 18.1. The largest absolute Gasteiger partial charge is 0.298 e. The first kappa shape index (κ1) is 17.1. The number of hydrogen-bond acceptors (Lipinski definition) is 3. The van der Waals surface area contributed by atoms with Crippen LogP contribution in [0.3, 0.4) is 0 Å². The topological polar surface area (TPSA) is 33.4 Å². The van der Waals surface area contributed by atoms with Crippen LogP contribution >= 0.6 is 11.6 Å². The number of fused-ring (bicyclic) bond motifs is 1. The lowest BCUT2D eigenvalue weighted by atomic mass is 10.1.